The number of hydrogen-bond acceptors (Lipinski definition) is 3. The van der Waals surface area contributed by atoms with Gasteiger partial charge in [0.2, 0.25) is 0 Å². The smallest absolute Gasteiger partial charge is 0.0754 e. The molecule has 0 saturated heterocycles. The van der Waals surface area contributed by atoms with Crippen LogP contribution in [0.1, 0.15) is 50.4 Å². The molecule has 20 heavy (non-hydrogen) atoms. The van der Waals surface area contributed by atoms with Crippen LogP contribution in [0.25, 0.3) is 0 Å². The highest BCUT2D eigenvalue weighted by Gasteiger charge is 2.29. The molecule has 1 saturated carbocycles. The van der Waals surface area contributed by atoms with Crippen molar-refractivity contribution in [2.75, 3.05) is 7.11 Å². The summed E-state index contributed by atoms with van der Waals surface area (Å²) in [5.74, 6) is 0.628. The molecule has 1 aromatic rings. The van der Waals surface area contributed by atoms with Gasteiger partial charge in [0, 0.05) is 31.8 Å². The minimum absolute atomic E-state index is 0.0597. The molecule has 2 atom stereocenters. The number of nitrogens with two attached hydrogens (primary N) is 1. The summed E-state index contributed by atoms with van der Waals surface area (Å²) in [6.45, 7) is 5.06. The van der Waals surface area contributed by atoms with Gasteiger partial charge >= 0.3 is 0 Å². The van der Waals surface area contributed by atoms with E-state index in [1.54, 1.807) is 0 Å². The number of rotatable bonds is 6. The standard InChI is InChI=1S/C16H29N3O/c1-4-19-14(10-12(2)18-19)11-15(17)16(20-3)13-8-6-5-7-9-13/h10,13,15-16H,4-9,11,17H2,1-3H3. The highest BCUT2D eigenvalue weighted by atomic mass is 16.5. The zero-order valence-electron chi connectivity index (χ0n) is 13.1. The van der Waals surface area contributed by atoms with E-state index >= 15 is 0 Å². The first kappa shape index (κ1) is 15.5. The molecule has 0 radical (unpaired) electrons. The van der Waals surface area contributed by atoms with E-state index in [0.717, 1.165) is 18.7 Å². The second-order valence-electron chi connectivity index (χ2n) is 6.06. The first-order valence-electron chi connectivity index (χ1n) is 7.97. The van der Waals surface area contributed by atoms with Crippen LogP contribution in [0, 0.1) is 12.8 Å². The van der Waals surface area contributed by atoms with Crippen LogP contribution in [0.5, 0.6) is 0 Å². The third-order valence-electron chi connectivity index (χ3n) is 4.54. The van der Waals surface area contributed by atoms with Crippen LogP contribution < -0.4 is 5.73 Å². The Hall–Kier alpha value is -0.870. The average molecular weight is 279 g/mol. The van der Waals surface area contributed by atoms with Gasteiger partial charge in [-0.1, -0.05) is 19.3 Å². The number of hydrogen-bond donors (Lipinski definition) is 1. The zero-order valence-corrected chi connectivity index (χ0v) is 13.1. The Bertz CT molecular complexity index is 410. The highest BCUT2D eigenvalue weighted by Crippen LogP contribution is 2.29. The number of nitrogens with zero attached hydrogens (tertiary/aromatic N) is 2. The molecule has 0 amide bonds. The van der Waals surface area contributed by atoms with Gasteiger partial charge in [-0.15, -0.1) is 0 Å². The van der Waals surface area contributed by atoms with E-state index in [9.17, 15) is 0 Å². The Morgan fingerprint density at radius 1 is 1.40 bits per heavy atom. The minimum atomic E-state index is 0.0597. The Balaban J connectivity index is 2.02. The van der Waals surface area contributed by atoms with Gasteiger partial charge in [-0.2, -0.15) is 5.10 Å². The van der Waals surface area contributed by atoms with E-state index in [4.69, 9.17) is 10.5 Å². The maximum atomic E-state index is 6.46. The topological polar surface area (TPSA) is 53.1 Å². The number of ether oxygens (including phenoxy) is 1. The van der Waals surface area contributed by atoms with Gasteiger partial charge in [-0.05, 0) is 38.7 Å². The number of aryl methyl sites for hydroxylation is 2. The monoisotopic (exact) mass is 279 g/mol. The molecule has 0 spiro atoms. The number of aromatic nitrogens is 2. The molecule has 2 unspecified atom stereocenters. The molecule has 1 aliphatic carbocycles. The molecule has 4 heteroatoms. The first-order chi connectivity index (χ1) is 9.65. The van der Waals surface area contributed by atoms with E-state index in [0.29, 0.717) is 5.92 Å². The lowest BCUT2D eigenvalue weighted by molar-refractivity contribution is 0.0175. The summed E-state index contributed by atoms with van der Waals surface area (Å²) in [7, 11) is 1.81. The summed E-state index contributed by atoms with van der Waals surface area (Å²) in [5, 5.41) is 4.50. The molecule has 0 bridgehead atoms. The van der Waals surface area contributed by atoms with Crippen LogP contribution in [-0.4, -0.2) is 29.0 Å². The predicted molar refractivity (Wildman–Crippen MR) is 81.7 cm³/mol. The lowest BCUT2D eigenvalue weighted by Gasteiger charge is -2.33. The maximum Gasteiger partial charge on any atom is 0.0754 e. The van der Waals surface area contributed by atoms with Gasteiger partial charge in [0.05, 0.1) is 11.8 Å². The summed E-state index contributed by atoms with van der Waals surface area (Å²) in [5.41, 5.74) is 8.76. The van der Waals surface area contributed by atoms with Crippen molar-refractivity contribution in [3.8, 4) is 0 Å². The van der Waals surface area contributed by atoms with E-state index in [2.05, 4.69) is 22.8 Å². The van der Waals surface area contributed by atoms with Gasteiger partial charge in [0.25, 0.3) is 0 Å². The Morgan fingerprint density at radius 3 is 2.70 bits per heavy atom. The fourth-order valence-corrected chi connectivity index (χ4v) is 3.57. The molecular weight excluding hydrogens is 250 g/mol. The molecule has 1 aromatic heterocycles. The lowest BCUT2D eigenvalue weighted by Crippen LogP contribution is -2.44. The van der Waals surface area contributed by atoms with Crippen LogP contribution in [0.3, 0.4) is 0 Å². The minimum Gasteiger partial charge on any atom is -0.380 e. The normalized spacial score (nSPS) is 20.0. The molecule has 2 N–H and O–H groups in total. The van der Waals surface area contributed by atoms with Crippen LogP contribution in [-0.2, 0) is 17.7 Å². The van der Waals surface area contributed by atoms with Crippen molar-refractivity contribution in [3.63, 3.8) is 0 Å². The van der Waals surface area contributed by atoms with Crippen molar-refractivity contribution in [2.24, 2.45) is 11.7 Å². The summed E-state index contributed by atoms with van der Waals surface area (Å²) in [6, 6.07) is 2.21. The van der Waals surface area contributed by atoms with Gasteiger partial charge in [-0.3, -0.25) is 4.68 Å². The lowest BCUT2D eigenvalue weighted by atomic mass is 9.82. The summed E-state index contributed by atoms with van der Waals surface area (Å²) < 4.78 is 7.81. The van der Waals surface area contributed by atoms with Gasteiger partial charge in [0.15, 0.2) is 0 Å². The third kappa shape index (κ3) is 3.61. The Kier molecular flexibility index (Phi) is 5.61. The molecule has 4 nitrogen and oxygen atoms in total. The SMILES string of the molecule is CCn1nc(C)cc1CC(N)C(OC)C1CCCCC1. The predicted octanol–water partition coefficient (Wildman–Crippen LogP) is 2.68. The summed E-state index contributed by atoms with van der Waals surface area (Å²) in [4.78, 5) is 0. The molecule has 2 rings (SSSR count). The largest absolute Gasteiger partial charge is 0.380 e. The van der Waals surface area contributed by atoms with Crippen LogP contribution in [0.2, 0.25) is 0 Å². The molecule has 1 heterocycles. The van der Waals surface area contributed by atoms with E-state index in [1.807, 2.05) is 14.0 Å². The van der Waals surface area contributed by atoms with Gasteiger partial charge in [-0.25, -0.2) is 0 Å². The van der Waals surface area contributed by atoms with Gasteiger partial charge in [0.1, 0.15) is 0 Å². The molecule has 0 aliphatic heterocycles. The van der Waals surface area contributed by atoms with E-state index in [1.165, 1.54) is 37.8 Å². The second-order valence-corrected chi connectivity index (χ2v) is 6.06. The van der Waals surface area contributed by atoms with Gasteiger partial charge < -0.3 is 10.5 Å². The van der Waals surface area contributed by atoms with Crippen molar-refractivity contribution in [3.05, 3.63) is 17.5 Å². The van der Waals surface area contributed by atoms with Crippen LogP contribution in [0.15, 0.2) is 6.07 Å². The van der Waals surface area contributed by atoms with Crippen LogP contribution >= 0.6 is 0 Å². The Morgan fingerprint density at radius 2 is 2.10 bits per heavy atom. The molecule has 1 fully saturated rings. The van der Waals surface area contributed by atoms with Crippen molar-refractivity contribution in [1.82, 2.24) is 9.78 Å². The maximum absolute atomic E-state index is 6.46. The fourth-order valence-electron chi connectivity index (χ4n) is 3.57. The molecule has 114 valence electrons. The average Bonchev–Trinajstić information content (AvgIpc) is 2.80. The van der Waals surface area contributed by atoms with Crippen molar-refractivity contribution in [1.29, 1.82) is 0 Å². The van der Waals surface area contributed by atoms with Crippen molar-refractivity contribution >= 4 is 0 Å². The van der Waals surface area contributed by atoms with E-state index in [-0.39, 0.29) is 12.1 Å². The summed E-state index contributed by atoms with van der Waals surface area (Å²) >= 11 is 0. The molecule has 1 aliphatic rings. The van der Waals surface area contributed by atoms with Crippen LogP contribution in [0.4, 0.5) is 0 Å². The quantitative estimate of drug-likeness (QED) is 0.871. The van der Waals surface area contributed by atoms with E-state index < -0.39 is 0 Å². The first-order valence-corrected chi connectivity index (χ1v) is 7.97. The third-order valence-corrected chi connectivity index (χ3v) is 4.54. The highest BCUT2D eigenvalue weighted by molar-refractivity contribution is 5.11. The van der Waals surface area contributed by atoms with Crippen molar-refractivity contribution < 1.29 is 4.74 Å². The summed E-state index contributed by atoms with van der Waals surface area (Å²) in [6.07, 6.45) is 7.56. The second kappa shape index (κ2) is 7.23. The Labute approximate surface area is 122 Å². The number of methoxy groups -OCH3 is 1. The fraction of sp³-hybridized carbons (Fsp3) is 0.812. The molecular formula is C16H29N3O. The van der Waals surface area contributed by atoms with Crippen molar-refractivity contribution in [2.45, 2.75) is 71.1 Å². The molecule has 0 aromatic carbocycles. The zero-order chi connectivity index (χ0) is 14.5.